The standard InChI is InChI=1S/C29H46O/c1-7-21(19(2)3)9-8-20(4)25-12-13-26-24-11-10-22-18-23(30)14-16-28(22,5)27(24)15-17-29(25,26)6/h7,18-20,24-27H,8-17H2,1-6H3/t20-,24+,25-,26+,27+,28+,29-/m1/s1. The SMILES string of the molecule is CC=C(CC[C@@H](C)[C@H]1CC[C@H]2[C@@H]3CCC4=CC(=O)CC[C@]4(C)[C@H]3CC[C@]12C)C(C)C. The van der Waals surface area contributed by atoms with Crippen molar-refractivity contribution < 1.29 is 4.79 Å². The zero-order valence-electron chi connectivity index (χ0n) is 20.6. The van der Waals surface area contributed by atoms with Gasteiger partial charge in [0.15, 0.2) is 5.78 Å². The van der Waals surface area contributed by atoms with E-state index in [-0.39, 0.29) is 0 Å². The number of allylic oxidation sites excluding steroid dienone is 3. The summed E-state index contributed by atoms with van der Waals surface area (Å²) < 4.78 is 0. The first-order chi connectivity index (χ1) is 14.2. The molecule has 0 unspecified atom stereocenters. The van der Waals surface area contributed by atoms with E-state index in [2.05, 4.69) is 53.7 Å². The van der Waals surface area contributed by atoms with Gasteiger partial charge in [0.05, 0.1) is 0 Å². The third-order valence-electron chi connectivity index (χ3n) is 10.7. The van der Waals surface area contributed by atoms with Crippen LogP contribution in [0.4, 0.5) is 0 Å². The molecular weight excluding hydrogens is 364 g/mol. The zero-order valence-corrected chi connectivity index (χ0v) is 20.6. The zero-order chi connectivity index (χ0) is 21.7. The first kappa shape index (κ1) is 22.3. The molecule has 0 amide bonds. The van der Waals surface area contributed by atoms with Gasteiger partial charge in [-0.2, -0.15) is 0 Å². The molecule has 1 heteroatoms. The molecule has 4 aliphatic rings. The molecule has 7 atom stereocenters. The maximum absolute atomic E-state index is 12.1. The maximum Gasteiger partial charge on any atom is 0.155 e. The molecule has 0 spiro atoms. The van der Waals surface area contributed by atoms with Gasteiger partial charge in [-0.25, -0.2) is 0 Å². The monoisotopic (exact) mass is 410 g/mol. The lowest BCUT2D eigenvalue weighted by atomic mass is 9.46. The normalized spacial score (nSPS) is 42.4. The molecular formula is C29H46O. The smallest absolute Gasteiger partial charge is 0.155 e. The number of fused-ring (bicyclic) bond motifs is 5. The van der Waals surface area contributed by atoms with Crippen LogP contribution in [-0.4, -0.2) is 5.78 Å². The fourth-order valence-corrected chi connectivity index (χ4v) is 8.90. The summed E-state index contributed by atoms with van der Waals surface area (Å²) in [4.78, 5) is 12.1. The van der Waals surface area contributed by atoms with E-state index in [0.717, 1.165) is 42.4 Å². The van der Waals surface area contributed by atoms with Gasteiger partial charge in [0.1, 0.15) is 0 Å². The Balaban J connectivity index is 1.49. The molecule has 0 aliphatic heterocycles. The van der Waals surface area contributed by atoms with Gasteiger partial charge in [-0.3, -0.25) is 4.79 Å². The van der Waals surface area contributed by atoms with E-state index in [1.807, 2.05) is 0 Å². The molecule has 168 valence electrons. The summed E-state index contributed by atoms with van der Waals surface area (Å²) in [6.07, 6.45) is 17.2. The molecule has 0 saturated heterocycles. The van der Waals surface area contributed by atoms with E-state index in [1.165, 1.54) is 56.9 Å². The number of rotatable bonds is 5. The van der Waals surface area contributed by atoms with E-state index >= 15 is 0 Å². The Morgan fingerprint density at radius 2 is 1.83 bits per heavy atom. The number of carbonyl (C=O) groups is 1. The van der Waals surface area contributed by atoms with E-state index in [0.29, 0.717) is 22.5 Å². The molecule has 0 aromatic heterocycles. The van der Waals surface area contributed by atoms with Crippen molar-refractivity contribution in [2.45, 2.75) is 106 Å². The van der Waals surface area contributed by atoms with Crippen LogP contribution in [0.3, 0.4) is 0 Å². The number of hydrogen-bond acceptors (Lipinski definition) is 1. The maximum atomic E-state index is 12.1. The van der Waals surface area contributed by atoms with Gasteiger partial charge >= 0.3 is 0 Å². The summed E-state index contributed by atoms with van der Waals surface area (Å²) in [7, 11) is 0. The molecule has 3 fully saturated rings. The van der Waals surface area contributed by atoms with E-state index in [9.17, 15) is 4.79 Å². The van der Waals surface area contributed by atoms with E-state index in [4.69, 9.17) is 0 Å². The van der Waals surface area contributed by atoms with Crippen LogP contribution in [0.5, 0.6) is 0 Å². The third-order valence-corrected chi connectivity index (χ3v) is 10.7. The highest BCUT2D eigenvalue weighted by molar-refractivity contribution is 5.91. The van der Waals surface area contributed by atoms with E-state index in [1.54, 1.807) is 5.57 Å². The highest BCUT2D eigenvalue weighted by atomic mass is 16.1. The first-order valence-electron chi connectivity index (χ1n) is 13.1. The van der Waals surface area contributed by atoms with Crippen LogP contribution >= 0.6 is 0 Å². The minimum absolute atomic E-state index is 0.319. The van der Waals surface area contributed by atoms with Crippen LogP contribution in [0.25, 0.3) is 0 Å². The molecule has 4 rings (SSSR count). The molecule has 30 heavy (non-hydrogen) atoms. The van der Waals surface area contributed by atoms with Crippen molar-refractivity contribution in [3.05, 3.63) is 23.3 Å². The summed E-state index contributed by atoms with van der Waals surface area (Å²) in [6, 6.07) is 0. The van der Waals surface area contributed by atoms with Gasteiger partial charge in [-0.05, 0) is 117 Å². The Labute approximate surface area is 186 Å². The van der Waals surface area contributed by atoms with Crippen LogP contribution in [0, 0.1) is 46.3 Å². The van der Waals surface area contributed by atoms with Gasteiger partial charge in [-0.15, -0.1) is 0 Å². The average Bonchev–Trinajstić information content (AvgIpc) is 3.06. The molecule has 3 saturated carbocycles. The van der Waals surface area contributed by atoms with Crippen molar-refractivity contribution in [3.63, 3.8) is 0 Å². The molecule has 0 aromatic carbocycles. The summed E-state index contributed by atoms with van der Waals surface area (Å²) in [5, 5.41) is 0. The number of hydrogen-bond donors (Lipinski definition) is 0. The fraction of sp³-hybridized carbons (Fsp3) is 0.828. The summed E-state index contributed by atoms with van der Waals surface area (Å²) in [5.41, 5.74) is 4.03. The van der Waals surface area contributed by atoms with Crippen LogP contribution in [-0.2, 0) is 4.79 Å². The Morgan fingerprint density at radius 1 is 1.07 bits per heavy atom. The molecule has 0 radical (unpaired) electrons. The minimum Gasteiger partial charge on any atom is -0.295 e. The van der Waals surface area contributed by atoms with Crippen LogP contribution in [0.2, 0.25) is 0 Å². The summed E-state index contributed by atoms with van der Waals surface area (Å²) in [6.45, 7) is 14.7. The van der Waals surface area contributed by atoms with Gasteiger partial charge in [0.25, 0.3) is 0 Å². The summed E-state index contributed by atoms with van der Waals surface area (Å²) in [5.74, 6) is 5.48. The molecule has 4 aliphatic carbocycles. The summed E-state index contributed by atoms with van der Waals surface area (Å²) >= 11 is 0. The Morgan fingerprint density at radius 3 is 2.53 bits per heavy atom. The largest absolute Gasteiger partial charge is 0.295 e. The molecule has 0 N–H and O–H groups in total. The topological polar surface area (TPSA) is 17.1 Å². The van der Waals surface area contributed by atoms with Gasteiger partial charge in [-0.1, -0.05) is 51.8 Å². The van der Waals surface area contributed by atoms with Crippen molar-refractivity contribution in [3.8, 4) is 0 Å². The second kappa shape index (κ2) is 8.25. The minimum atomic E-state index is 0.319. The highest BCUT2D eigenvalue weighted by Crippen LogP contribution is 2.67. The van der Waals surface area contributed by atoms with Crippen molar-refractivity contribution in [2.75, 3.05) is 0 Å². The second-order valence-corrected chi connectivity index (χ2v) is 12.2. The van der Waals surface area contributed by atoms with Gasteiger partial charge in [0.2, 0.25) is 0 Å². The van der Waals surface area contributed by atoms with Crippen LogP contribution in [0.1, 0.15) is 106 Å². The Hall–Kier alpha value is -0.850. The molecule has 0 aromatic rings. The Kier molecular flexibility index (Phi) is 6.15. The lowest BCUT2D eigenvalue weighted by Gasteiger charge is -2.58. The quantitative estimate of drug-likeness (QED) is 0.418. The third kappa shape index (κ3) is 3.57. The molecule has 0 bridgehead atoms. The van der Waals surface area contributed by atoms with Crippen molar-refractivity contribution in [1.82, 2.24) is 0 Å². The lowest BCUT2D eigenvalue weighted by Crippen LogP contribution is -2.50. The van der Waals surface area contributed by atoms with Gasteiger partial charge in [0, 0.05) is 6.42 Å². The van der Waals surface area contributed by atoms with Crippen LogP contribution in [0.15, 0.2) is 23.3 Å². The van der Waals surface area contributed by atoms with Crippen molar-refractivity contribution in [1.29, 1.82) is 0 Å². The molecule has 1 nitrogen and oxygen atoms in total. The predicted molar refractivity (Wildman–Crippen MR) is 127 cm³/mol. The van der Waals surface area contributed by atoms with Crippen molar-refractivity contribution >= 4 is 5.78 Å². The highest BCUT2D eigenvalue weighted by Gasteiger charge is 2.59. The number of carbonyl (C=O) groups excluding carboxylic acids is 1. The van der Waals surface area contributed by atoms with E-state index < -0.39 is 0 Å². The molecule has 0 heterocycles. The second-order valence-electron chi connectivity index (χ2n) is 12.2. The fourth-order valence-electron chi connectivity index (χ4n) is 8.90. The predicted octanol–water partition coefficient (Wildman–Crippen LogP) is 8.15. The van der Waals surface area contributed by atoms with Crippen molar-refractivity contribution in [2.24, 2.45) is 46.3 Å². The number of ketones is 1. The van der Waals surface area contributed by atoms with Gasteiger partial charge < -0.3 is 0 Å². The lowest BCUT2D eigenvalue weighted by molar-refractivity contribution is -0.117. The Bertz CT molecular complexity index is 727. The first-order valence-corrected chi connectivity index (χ1v) is 13.1. The average molecular weight is 411 g/mol. The van der Waals surface area contributed by atoms with Crippen LogP contribution < -0.4 is 0 Å².